The lowest BCUT2D eigenvalue weighted by molar-refractivity contribution is -0.0690. The highest BCUT2D eigenvalue weighted by Gasteiger charge is 2.18. The summed E-state index contributed by atoms with van der Waals surface area (Å²) in [4.78, 5) is 11.6. The van der Waals surface area contributed by atoms with Crippen LogP contribution in [0.5, 0.6) is 17.2 Å². The van der Waals surface area contributed by atoms with E-state index in [0.29, 0.717) is 16.4 Å². The van der Waals surface area contributed by atoms with Crippen LogP contribution in [-0.2, 0) is 5.75 Å². The second-order valence-corrected chi connectivity index (χ2v) is 6.91. The topological polar surface area (TPSA) is 69.3 Å². The number of pyridine rings is 1. The van der Waals surface area contributed by atoms with E-state index in [1.807, 2.05) is 13.8 Å². The Balaban J connectivity index is 1.86. The van der Waals surface area contributed by atoms with Crippen molar-refractivity contribution in [2.75, 3.05) is 7.11 Å². The number of imidazole rings is 1. The number of benzene rings is 1. The van der Waals surface area contributed by atoms with Crippen LogP contribution in [-0.4, -0.2) is 35.3 Å². The molecule has 0 unspecified atom stereocenters. The number of ether oxygens (including phenoxy) is 3. The largest absolute Gasteiger partial charge is 0.496 e. The lowest BCUT2D eigenvalue weighted by atomic mass is 10.1. The summed E-state index contributed by atoms with van der Waals surface area (Å²) in [5.74, 6) is 0.191. The van der Waals surface area contributed by atoms with Gasteiger partial charge in [0.15, 0.2) is 16.7 Å². The van der Waals surface area contributed by atoms with E-state index in [1.165, 1.54) is 11.8 Å². The monoisotopic (exact) mass is 431 g/mol. The molecule has 0 saturated heterocycles. The second kappa shape index (κ2) is 8.76. The predicted molar refractivity (Wildman–Crippen MR) is 99.2 cm³/mol. The van der Waals surface area contributed by atoms with Gasteiger partial charge in [-0.3, -0.25) is 4.98 Å². The Morgan fingerprint density at radius 2 is 1.72 bits per heavy atom. The fourth-order valence-corrected chi connectivity index (χ4v) is 3.70. The second-order valence-electron chi connectivity index (χ2n) is 5.95. The standard InChI is InChI=1S/C18H17F4N3O3S/c1-8-6-23-12(9(2)15(8)26-3)7-29-18-24-10-4-13(27-16(19)20)14(28-17(21)22)5-11(10)25-18/h4-6,16-17H,7H2,1-3H3,(H,24,25). The Kier molecular flexibility index (Phi) is 6.36. The van der Waals surface area contributed by atoms with Gasteiger partial charge in [-0.25, -0.2) is 4.98 Å². The van der Waals surface area contributed by atoms with Crippen LogP contribution in [0.25, 0.3) is 11.0 Å². The molecule has 0 aliphatic rings. The van der Waals surface area contributed by atoms with Gasteiger partial charge in [-0.05, 0) is 13.8 Å². The van der Waals surface area contributed by atoms with Crippen LogP contribution in [0.4, 0.5) is 17.6 Å². The highest BCUT2D eigenvalue weighted by Crippen LogP contribution is 2.35. The van der Waals surface area contributed by atoms with Crippen molar-refractivity contribution < 1.29 is 31.8 Å². The molecule has 0 fully saturated rings. The minimum absolute atomic E-state index is 0.274. The van der Waals surface area contributed by atoms with Gasteiger partial charge in [-0.15, -0.1) is 0 Å². The third-order valence-corrected chi connectivity index (χ3v) is 4.94. The molecule has 29 heavy (non-hydrogen) atoms. The molecule has 3 rings (SSSR count). The molecule has 2 heterocycles. The fraction of sp³-hybridized carbons (Fsp3) is 0.333. The Labute approximate surface area is 167 Å². The number of thioether (sulfide) groups is 1. The molecule has 156 valence electrons. The summed E-state index contributed by atoms with van der Waals surface area (Å²) in [6.07, 6.45) is 1.71. The minimum atomic E-state index is -3.19. The van der Waals surface area contributed by atoms with Crippen LogP contribution < -0.4 is 14.2 Å². The van der Waals surface area contributed by atoms with Crippen molar-refractivity contribution in [2.45, 2.75) is 38.0 Å². The van der Waals surface area contributed by atoms with E-state index in [0.717, 1.165) is 34.7 Å². The zero-order valence-corrected chi connectivity index (χ0v) is 16.4. The van der Waals surface area contributed by atoms with E-state index in [9.17, 15) is 17.6 Å². The van der Waals surface area contributed by atoms with E-state index < -0.39 is 24.7 Å². The number of aromatic nitrogens is 3. The maximum Gasteiger partial charge on any atom is 0.387 e. The van der Waals surface area contributed by atoms with Gasteiger partial charge in [0.05, 0.1) is 23.8 Å². The zero-order chi connectivity index (χ0) is 21.1. The average molecular weight is 431 g/mol. The molecule has 1 aromatic carbocycles. The third-order valence-electron chi connectivity index (χ3n) is 4.05. The SMILES string of the molecule is COc1c(C)cnc(CSc2nc3cc(OC(F)F)c(OC(F)F)cc3[nH]2)c1C. The average Bonchev–Trinajstić information content (AvgIpc) is 3.02. The molecule has 11 heteroatoms. The summed E-state index contributed by atoms with van der Waals surface area (Å²) >= 11 is 1.32. The van der Waals surface area contributed by atoms with Crippen molar-refractivity contribution in [3.8, 4) is 17.2 Å². The number of hydrogen-bond donors (Lipinski definition) is 1. The first kappa shape index (κ1) is 21.0. The van der Waals surface area contributed by atoms with E-state index in [4.69, 9.17) is 4.74 Å². The first-order valence-electron chi connectivity index (χ1n) is 8.33. The number of rotatable bonds is 8. The molecule has 6 nitrogen and oxygen atoms in total. The molecular weight excluding hydrogens is 414 g/mol. The van der Waals surface area contributed by atoms with Gasteiger partial charge in [-0.1, -0.05) is 11.8 Å². The first-order valence-corrected chi connectivity index (χ1v) is 9.32. The lowest BCUT2D eigenvalue weighted by Crippen LogP contribution is -2.07. The van der Waals surface area contributed by atoms with Crippen molar-refractivity contribution >= 4 is 22.8 Å². The zero-order valence-electron chi connectivity index (χ0n) is 15.6. The van der Waals surface area contributed by atoms with Crippen molar-refractivity contribution in [3.63, 3.8) is 0 Å². The number of methoxy groups -OCH3 is 1. The lowest BCUT2D eigenvalue weighted by Gasteiger charge is -2.11. The normalized spacial score (nSPS) is 11.5. The van der Waals surface area contributed by atoms with Crippen LogP contribution in [0.15, 0.2) is 23.5 Å². The molecule has 0 atom stereocenters. The maximum absolute atomic E-state index is 12.6. The molecule has 1 N–H and O–H groups in total. The Morgan fingerprint density at radius 3 is 2.34 bits per heavy atom. The number of fused-ring (bicyclic) bond motifs is 1. The highest BCUT2D eigenvalue weighted by molar-refractivity contribution is 7.98. The minimum Gasteiger partial charge on any atom is -0.496 e. The highest BCUT2D eigenvalue weighted by atomic mass is 32.2. The summed E-state index contributed by atoms with van der Waals surface area (Å²) in [5, 5.41) is 0.456. The van der Waals surface area contributed by atoms with Crippen LogP contribution in [0.2, 0.25) is 0 Å². The van der Waals surface area contributed by atoms with Gasteiger partial charge in [0, 0.05) is 35.2 Å². The summed E-state index contributed by atoms with van der Waals surface area (Å²) in [6, 6.07) is 2.27. The van der Waals surface area contributed by atoms with Gasteiger partial charge < -0.3 is 19.2 Å². The number of H-pyrrole nitrogens is 1. The number of nitrogens with zero attached hydrogens (tertiary/aromatic N) is 2. The predicted octanol–water partition coefficient (Wildman–Crippen LogP) is 5.08. The molecule has 0 amide bonds. The Bertz CT molecular complexity index is 967. The number of halogens is 4. The Hall–Kier alpha value is -2.69. The molecule has 3 aromatic rings. The van der Waals surface area contributed by atoms with Gasteiger partial charge in [0.2, 0.25) is 0 Å². The van der Waals surface area contributed by atoms with Crippen molar-refractivity contribution in [1.82, 2.24) is 15.0 Å². The summed E-state index contributed by atoms with van der Waals surface area (Å²) in [6.45, 7) is -2.58. The van der Waals surface area contributed by atoms with Gasteiger partial charge in [-0.2, -0.15) is 17.6 Å². The fourth-order valence-electron chi connectivity index (χ4n) is 2.79. The quantitative estimate of drug-likeness (QED) is 0.396. The molecule has 0 bridgehead atoms. The first-order chi connectivity index (χ1) is 13.8. The molecule has 0 aliphatic heterocycles. The molecular formula is C18H17F4N3O3S. The number of aromatic amines is 1. The smallest absolute Gasteiger partial charge is 0.387 e. The number of hydrogen-bond acceptors (Lipinski definition) is 6. The van der Waals surface area contributed by atoms with Gasteiger partial charge >= 0.3 is 13.2 Å². The van der Waals surface area contributed by atoms with Crippen molar-refractivity contribution in [2.24, 2.45) is 0 Å². The van der Waals surface area contributed by atoms with E-state index >= 15 is 0 Å². The summed E-state index contributed by atoms with van der Waals surface area (Å²) in [7, 11) is 1.59. The molecule has 0 saturated carbocycles. The molecule has 2 aromatic heterocycles. The maximum atomic E-state index is 12.6. The third kappa shape index (κ3) is 4.84. The molecule has 0 aliphatic carbocycles. The van der Waals surface area contributed by atoms with Gasteiger partial charge in [0.1, 0.15) is 5.75 Å². The molecule has 0 spiro atoms. The Morgan fingerprint density at radius 1 is 1.07 bits per heavy atom. The van der Waals surface area contributed by atoms with Crippen molar-refractivity contribution in [3.05, 3.63) is 35.2 Å². The van der Waals surface area contributed by atoms with E-state index in [2.05, 4.69) is 24.4 Å². The van der Waals surface area contributed by atoms with E-state index in [1.54, 1.807) is 13.3 Å². The van der Waals surface area contributed by atoms with Crippen molar-refractivity contribution in [1.29, 1.82) is 0 Å². The molecule has 0 radical (unpaired) electrons. The number of nitrogens with one attached hydrogen (secondary N) is 1. The van der Waals surface area contributed by atoms with Crippen LogP contribution in [0.1, 0.15) is 16.8 Å². The van der Waals surface area contributed by atoms with E-state index in [-0.39, 0.29) is 5.52 Å². The van der Waals surface area contributed by atoms with Gasteiger partial charge in [0.25, 0.3) is 0 Å². The summed E-state index contributed by atoms with van der Waals surface area (Å²) in [5.41, 5.74) is 3.23. The summed E-state index contributed by atoms with van der Waals surface area (Å²) < 4.78 is 64.2. The van der Waals surface area contributed by atoms with Crippen LogP contribution >= 0.6 is 11.8 Å². The van der Waals surface area contributed by atoms with Crippen LogP contribution in [0.3, 0.4) is 0 Å². The number of aryl methyl sites for hydroxylation is 1. The van der Waals surface area contributed by atoms with Crippen LogP contribution in [0, 0.1) is 13.8 Å². The number of alkyl halides is 4.